The zero-order valence-electron chi connectivity index (χ0n) is 12.9. The average molecular weight is 294 g/mol. The average Bonchev–Trinajstić information content (AvgIpc) is 2.40. The maximum atomic E-state index is 3.15. The van der Waals surface area contributed by atoms with Crippen LogP contribution in [0.4, 0.5) is 0 Å². The summed E-state index contributed by atoms with van der Waals surface area (Å²) in [4.78, 5) is 0. The van der Waals surface area contributed by atoms with Crippen LogP contribution in [0.15, 0.2) is 0 Å². The maximum Gasteiger partial charge on any atom is 0.157 e. The van der Waals surface area contributed by atoms with E-state index in [4.69, 9.17) is 0 Å². The third kappa shape index (κ3) is 2.14. The van der Waals surface area contributed by atoms with Gasteiger partial charge in [0.2, 0.25) is 0 Å². The lowest BCUT2D eigenvalue weighted by Crippen LogP contribution is -2.36. The van der Waals surface area contributed by atoms with Crippen molar-refractivity contribution in [2.24, 2.45) is 5.92 Å². The predicted octanol–water partition coefficient (Wildman–Crippen LogP) is 4.68. The molecule has 1 saturated carbocycles. The molecular weight excluding hydrogens is 263 g/mol. The number of nitrogens with zero attached hydrogens (tertiary/aromatic N) is 1. The van der Waals surface area contributed by atoms with Gasteiger partial charge in [-0.2, -0.15) is 0 Å². The minimum Gasteiger partial charge on any atom is -0.0585 e. The van der Waals surface area contributed by atoms with Crippen molar-refractivity contribution in [1.82, 2.24) is 4.21 Å². The first-order valence-corrected chi connectivity index (χ1v) is 15.3. The summed E-state index contributed by atoms with van der Waals surface area (Å²) in [6.07, 6.45) is 3.07. The summed E-state index contributed by atoms with van der Waals surface area (Å²) in [5.41, 5.74) is 2.09. The second-order valence-corrected chi connectivity index (χ2v) is 21.2. The summed E-state index contributed by atoms with van der Waals surface area (Å²) in [6.45, 7) is 20.7. The van der Waals surface area contributed by atoms with Gasteiger partial charge in [-0.1, -0.05) is 6.92 Å². The smallest absolute Gasteiger partial charge is 0.0585 e. The first-order chi connectivity index (χ1) is 7.49. The van der Waals surface area contributed by atoms with Crippen LogP contribution < -0.4 is 0 Å². The van der Waals surface area contributed by atoms with Gasteiger partial charge in [-0.05, 0) is 12.3 Å². The van der Waals surface area contributed by atoms with Gasteiger partial charge in [0, 0.05) is 10.6 Å². The molecule has 100 valence electrons. The molecule has 2 aliphatic rings. The Balaban J connectivity index is 2.49. The zero-order chi connectivity index (χ0) is 13.2. The van der Waals surface area contributed by atoms with Gasteiger partial charge in [0.05, 0.1) is 58.0 Å². The van der Waals surface area contributed by atoms with E-state index in [1.165, 1.54) is 6.42 Å². The Labute approximate surface area is 110 Å². The van der Waals surface area contributed by atoms with E-state index in [0.29, 0.717) is 0 Å². The molecule has 0 amide bonds. The molecule has 3 atom stereocenters. The lowest BCUT2D eigenvalue weighted by Gasteiger charge is -2.45. The molecule has 0 aromatic heterocycles. The van der Waals surface area contributed by atoms with Gasteiger partial charge in [0.25, 0.3) is 0 Å². The van der Waals surface area contributed by atoms with Gasteiger partial charge in [0.1, 0.15) is 0 Å². The van der Waals surface area contributed by atoms with Crippen LogP contribution in [0.25, 0.3) is 0 Å². The molecule has 1 saturated heterocycles. The van der Waals surface area contributed by atoms with Gasteiger partial charge in [-0.25, -0.2) is 0 Å². The van der Waals surface area contributed by atoms with Gasteiger partial charge >= 0.3 is 0 Å². The number of hydrogen-bond donors (Lipinski definition) is 0. The first-order valence-electron chi connectivity index (χ1n) is 6.79. The van der Waals surface area contributed by atoms with Crippen molar-refractivity contribution in [3.05, 3.63) is 0 Å². The Hall–Kier alpha value is 1.25. The first kappa shape index (κ1) is 14.7. The van der Waals surface area contributed by atoms with Gasteiger partial charge in [0.15, 0.2) is 22.2 Å². The Morgan fingerprint density at radius 3 is 1.94 bits per heavy atom. The van der Waals surface area contributed by atoms with E-state index >= 15 is 0 Å². The zero-order valence-corrected chi connectivity index (χ0v) is 15.6. The topological polar surface area (TPSA) is 3.24 Å². The van der Waals surface area contributed by atoms with E-state index in [1.807, 2.05) is 0 Å². The van der Waals surface area contributed by atoms with Crippen molar-refractivity contribution >= 4 is 22.2 Å². The highest BCUT2D eigenvalue weighted by atomic mass is 31.3. The van der Waals surface area contributed by atoms with Crippen LogP contribution in [0, 0.1) is 5.92 Å². The van der Waals surface area contributed by atoms with E-state index in [1.54, 1.807) is 6.42 Å². The Bertz CT molecular complexity index is 319. The molecule has 0 spiro atoms. The highest BCUT2D eigenvalue weighted by Crippen LogP contribution is 2.93. The molecule has 1 aliphatic heterocycles. The molecule has 1 heterocycles. The van der Waals surface area contributed by atoms with Gasteiger partial charge in [-0.15, -0.1) is 0 Å². The summed E-state index contributed by atoms with van der Waals surface area (Å²) in [6, 6.07) is 0. The van der Waals surface area contributed by atoms with Crippen LogP contribution in [-0.4, -0.2) is 62.2 Å². The van der Waals surface area contributed by atoms with Crippen LogP contribution in [0.1, 0.15) is 19.8 Å². The van der Waals surface area contributed by atoms with Crippen LogP contribution in [0.3, 0.4) is 0 Å². The number of rotatable bonds is 1. The molecule has 0 N–H and O–H groups in total. The van der Waals surface area contributed by atoms with Crippen LogP contribution in [0.5, 0.6) is 0 Å². The largest absolute Gasteiger partial charge is 0.157 e. The minimum absolute atomic E-state index is 0.863. The quantitative estimate of drug-likeness (QED) is 0.635. The molecule has 2 fully saturated rings. The highest BCUT2D eigenvalue weighted by molar-refractivity contribution is 8.00. The number of hydrogen-bond acceptors (Lipinski definition) is 1. The second-order valence-electron chi connectivity index (χ2n) is 7.84. The molecule has 2 rings (SSSR count). The fraction of sp³-hybridized carbons (Fsp3) is 1.00. The maximum absolute atomic E-state index is 3.15. The molecule has 1 nitrogen and oxygen atoms in total. The fourth-order valence-electron chi connectivity index (χ4n) is 4.85. The fourth-order valence-corrected chi connectivity index (χ4v) is 26.8. The molecule has 17 heavy (non-hydrogen) atoms. The standard InChI is InChI=1S/C13H31NP3/c1-11-9-12-10-13(11)17(7,8)14(15(2,3)4)16(12,5)6/h11-13H,9-10H2,1-8H3/q+3. The van der Waals surface area contributed by atoms with Gasteiger partial charge < -0.3 is 0 Å². The van der Waals surface area contributed by atoms with E-state index in [9.17, 15) is 0 Å². The van der Waals surface area contributed by atoms with Crippen molar-refractivity contribution in [1.29, 1.82) is 0 Å². The molecule has 2 bridgehead atoms. The summed E-state index contributed by atoms with van der Waals surface area (Å²) < 4.78 is 3.15. The molecule has 4 heteroatoms. The molecule has 0 aromatic rings. The third-order valence-electron chi connectivity index (χ3n) is 4.98. The molecule has 1 aliphatic carbocycles. The lowest BCUT2D eigenvalue weighted by atomic mass is 10.1. The van der Waals surface area contributed by atoms with Crippen molar-refractivity contribution in [3.8, 4) is 0 Å². The predicted molar refractivity (Wildman–Crippen MR) is 90.0 cm³/mol. The van der Waals surface area contributed by atoms with Gasteiger partial charge in [-0.3, -0.25) is 0 Å². The normalized spacial score (nSPS) is 40.6. The summed E-state index contributed by atoms with van der Waals surface area (Å²) >= 11 is 0. The Morgan fingerprint density at radius 1 is 0.941 bits per heavy atom. The molecule has 0 radical (unpaired) electrons. The highest BCUT2D eigenvalue weighted by Gasteiger charge is 2.73. The SMILES string of the molecule is CC1CC2CC1[P+](C)(C)N([P+](C)(C)C)[P+]2(C)C. The van der Waals surface area contributed by atoms with Crippen molar-refractivity contribution in [2.75, 3.05) is 46.7 Å². The summed E-state index contributed by atoms with van der Waals surface area (Å²) in [5, 5.41) is 0. The minimum atomic E-state index is -0.882. The molecule has 0 aromatic carbocycles. The van der Waals surface area contributed by atoms with E-state index < -0.39 is 22.2 Å². The lowest BCUT2D eigenvalue weighted by molar-refractivity contribution is 0.616. The third-order valence-corrected chi connectivity index (χ3v) is 21.2. The summed E-state index contributed by atoms with van der Waals surface area (Å²) in [5.74, 6) is 0.985. The monoisotopic (exact) mass is 294 g/mol. The van der Waals surface area contributed by atoms with Crippen molar-refractivity contribution in [2.45, 2.75) is 31.1 Å². The Morgan fingerprint density at radius 2 is 1.47 bits per heavy atom. The molecule has 3 unspecified atom stereocenters. The van der Waals surface area contributed by atoms with Crippen LogP contribution in [-0.2, 0) is 0 Å². The van der Waals surface area contributed by atoms with Crippen LogP contribution >= 0.6 is 22.2 Å². The second kappa shape index (κ2) is 4.12. The number of fused-ring (bicyclic) bond motifs is 2. The van der Waals surface area contributed by atoms with Crippen molar-refractivity contribution in [3.63, 3.8) is 0 Å². The van der Waals surface area contributed by atoms with E-state index in [0.717, 1.165) is 17.2 Å². The Kier molecular flexibility index (Phi) is 3.55. The molecular formula is C13H31NP3+3. The van der Waals surface area contributed by atoms with Crippen molar-refractivity contribution < 1.29 is 0 Å². The van der Waals surface area contributed by atoms with E-state index in [-0.39, 0.29) is 0 Å². The summed E-state index contributed by atoms with van der Waals surface area (Å²) in [7, 11) is -2.61. The van der Waals surface area contributed by atoms with Crippen LogP contribution in [0.2, 0.25) is 0 Å². The van der Waals surface area contributed by atoms with E-state index in [2.05, 4.69) is 57.8 Å².